The van der Waals surface area contributed by atoms with Crippen LogP contribution in [0, 0.1) is 17.7 Å². The molecule has 0 fully saturated rings. The highest BCUT2D eigenvalue weighted by Crippen LogP contribution is 2.52. The van der Waals surface area contributed by atoms with Crippen molar-refractivity contribution in [2.75, 3.05) is 18.4 Å². The van der Waals surface area contributed by atoms with Gasteiger partial charge in [-0.15, -0.1) is 0 Å². The third kappa shape index (κ3) is 4.17. The Bertz CT molecular complexity index is 1370. The number of allylic oxidation sites excluding steroid dienone is 1. The first-order chi connectivity index (χ1) is 18.2. The Labute approximate surface area is 222 Å². The van der Waals surface area contributed by atoms with E-state index < -0.39 is 86.7 Å². The lowest BCUT2D eigenvalue weighted by Gasteiger charge is -2.47. The van der Waals surface area contributed by atoms with E-state index in [1.54, 1.807) is 0 Å². The fourth-order valence-corrected chi connectivity index (χ4v) is 5.87. The summed E-state index contributed by atoms with van der Waals surface area (Å²) in [5, 5.41) is 46.1. The van der Waals surface area contributed by atoms with E-state index in [0.29, 0.717) is 6.54 Å². The lowest BCUT2D eigenvalue weighted by atomic mass is 9.59. The average molecular weight is 547 g/mol. The quantitative estimate of drug-likeness (QED) is 0.191. The van der Waals surface area contributed by atoms with Crippen LogP contribution < -0.4 is 16.8 Å². The SMILES string of the molecule is CCN(CC(=O)Nc1cc(F)c2c(c1O)C(=O)C1=C(O)[C@]3(O)C(=O)C(C(N)=O)=C(O)[C@@H](N)[C@@H]3C[C@@H]1C2)C(C)C. The molecule has 0 radical (unpaired) electrons. The minimum atomic E-state index is -2.87. The average Bonchev–Trinajstić information content (AvgIpc) is 2.85. The van der Waals surface area contributed by atoms with E-state index in [9.17, 15) is 39.6 Å². The maximum atomic E-state index is 15.3. The molecule has 4 atom stereocenters. The van der Waals surface area contributed by atoms with Crippen LogP contribution in [0.15, 0.2) is 28.7 Å². The summed E-state index contributed by atoms with van der Waals surface area (Å²) in [5.74, 6) is -10.4. The predicted molar refractivity (Wildman–Crippen MR) is 135 cm³/mol. The molecule has 39 heavy (non-hydrogen) atoms. The monoisotopic (exact) mass is 546 g/mol. The maximum absolute atomic E-state index is 15.3. The lowest BCUT2D eigenvalue weighted by Crippen LogP contribution is -2.63. The Kier molecular flexibility index (Phi) is 7.04. The zero-order valence-electron chi connectivity index (χ0n) is 21.6. The molecule has 0 saturated carbocycles. The van der Waals surface area contributed by atoms with E-state index in [1.165, 1.54) is 0 Å². The van der Waals surface area contributed by atoms with Crippen LogP contribution in [0.5, 0.6) is 5.75 Å². The van der Waals surface area contributed by atoms with Crippen LogP contribution in [0.2, 0.25) is 0 Å². The summed E-state index contributed by atoms with van der Waals surface area (Å²) in [5.41, 5.74) is 5.76. The Morgan fingerprint density at radius 1 is 1.26 bits per heavy atom. The molecule has 210 valence electrons. The van der Waals surface area contributed by atoms with Crippen LogP contribution in [0.4, 0.5) is 10.1 Å². The largest absolute Gasteiger partial charge is 0.510 e. The van der Waals surface area contributed by atoms with Gasteiger partial charge in [0, 0.05) is 29.2 Å². The zero-order valence-corrected chi connectivity index (χ0v) is 21.6. The van der Waals surface area contributed by atoms with Crippen molar-refractivity contribution in [2.45, 2.75) is 51.3 Å². The number of aromatic hydroxyl groups is 1. The van der Waals surface area contributed by atoms with Crippen LogP contribution >= 0.6 is 0 Å². The van der Waals surface area contributed by atoms with Gasteiger partial charge in [-0.25, -0.2) is 4.39 Å². The van der Waals surface area contributed by atoms with Gasteiger partial charge < -0.3 is 37.2 Å². The Hall–Kier alpha value is -3.81. The molecule has 0 bridgehead atoms. The van der Waals surface area contributed by atoms with Crippen LogP contribution in [0.25, 0.3) is 0 Å². The molecule has 0 saturated heterocycles. The Balaban J connectivity index is 1.78. The lowest BCUT2D eigenvalue weighted by molar-refractivity contribution is -0.145. The number of carbonyl (C=O) groups excluding carboxylic acids is 4. The van der Waals surface area contributed by atoms with Crippen molar-refractivity contribution in [1.29, 1.82) is 0 Å². The van der Waals surface area contributed by atoms with Gasteiger partial charge >= 0.3 is 0 Å². The zero-order chi connectivity index (χ0) is 29.1. The van der Waals surface area contributed by atoms with Crippen LogP contribution in [-0.2, 0) is 20.8 Å². The number of Topliss-reactive ketones (excluding diaryl/α,β-unsaturated/α-hetero) is 2. The first-order valence-electron chi connectivity index (χ1n) is 12.5. The number of hydrogen-bond acceptors (Lipinski definition) is 10. The molecule has 13 heteroatoms. The summed E-state index contributed by atoms with van der Waals surface area (Å²) in [6.45, 7) is 6.12. The number of amides is 2. The van der Waals surface area contributed by atoms with Crippen LogP contribution in [0.1, 0.15) is 43.1 Å². The first-order valence-corrected chi connectivity index (χ1v) is 12.5. The molecule has 12 nitrogen and oxygen atoms in total. The van der Waals surface area contributed by atoms with Crippen molar-refractivity contribution in [3.05, 3.63) is 45.7 Å². The fourth-order valence-electron chi connectivity index (χ4n) is 5.87. The number of rotatable bonds is 6. The molecule has 3 aliphatic rings. The van der Waals surface area contributed by atoms with Crippen molar-refractivity contribution >= 4 is 29.1 Å². The number of ketones is 2. The number of halogens is 1. The molecule has 4 rings (SSSR count). The molecule has 1 aromatic rings. The van der Waals surface area contributed by atoms with Gasteiger partial charge in [-0.2, -0.15) is 0 Å². The summed E-state index contributed by atoms with van der Waals surface area (Å²) in [6.07, 6.45) is -0.476. The molecule has 0 spiro atoms. The predicted octanol–water partition coefficient (Wildman–Crippen LogP) is 0.326. The van der Waals surface area contributed by atoms with Gasteiger partial charge in [0.1, 0.15) is 22.9 Å². The summed E-state index contributed by atoms with van der Waals surface area (Å²) in [4.78, 5) is 52.9. The van der Waals surface area contributed by atoms with Crippen molar-refractivity contribution in [3.8, 4) is 5.75 Å². The third-order valence-corrected chi connectivity index (χ3v) is 7.96. The minimum Gasteiger partial charge on any atom is -0.510 e. The van der Waals surface area contributed by atoms with Crippen molar-refractivity contribution < 1.29 is 44.0 Å². The highest BCUT2D eigenvalue weighted by atomic mass is 19.1. The van der Waals surface area contributed by atoms with Gasteiger partial charge in [-0.3, -0.25) is 24.1 Å². The summed E-state index contributed by atoms with van der Waals surface area (Å²) < 4.78 is 15.3. The second kappa shape index (κ2) is 9.74. The van der Waals surface area contributed by atoms with E-state index >= 15 is 4.39 Å². The van der Waals surface area contributed by atoms with Gasteiger partial charge in [0.2, 0.25) is 11.7 Å². The number of nitrogens with two attached hydrogens (primary N) is 2. The Morgan fingerprint density at radius 2 is 1.90 bits per heavy atom. The van der Waals surface area contributed by atoms with E-state index in [0.717, 1.165) is 6.07 Å². The van der Waals surface area contributed by atoms with E-state index in [-0.39, 0.29) is 36.7 Å². The summed E-state index contributed by atoms with van der Waals surface area (Å²) in [6, 6.07) is -0.575. The number of carbonyl (C=O) groups is 4. The molecule has 0 heterocycles. The van der Waals surface area contributed by atoms with Gasteiger partial charge in [-0.1, -0.05) is 6.92 Å². The second-order valence-corrected chi connectivity index (χ2v) is 10.4. The van der Waals surface area contributed by atoms with Crippen LogP contribution in [0.3, 0.4) is 0 Å². The van der Waals surface area contributed by atoms with Crippen molar-refractivity contribution in [2.24, 2.45) is 23.3 Å². The minimum absolute atomic E-state index is 0.0337. The summed E-state index contributed by atoms with van der Waals surface area (Å²) >= 11 is 0. The van der Waals surface area contributed by atoms with Gasteiger partial charge in [0.15, 0.2) is 17.1 Å². The maximum Gasteiger partial charge on any atom is 0.255 e. The third-order valence-electron chi connectivity index (χ3n) is 7.96. The normalized spacial score (nSPS) is 26.5. The van der Waals surface area contributed by atoms with E-state index in [2.05, 4.69) is 5.32 Å². The second-order valence-electron chi connectivity index (χ2n) is 10.4. The number of aliphatic hydroxyl groups excluding tert-OH is 2. The summed E-state index contributed by atoms with van der Waals surface area (Å²) in [7, 11) is 0. The number of likely N-dealkylation sites (N-methyl/N-ethyl adjacent to an activating group) is 1. The molecule has 0 unspecified atom stereocenters. The Morgan fingerprint density at radius 3 is 2.46 bits per heavy atom. The molecule has 0 aromatic heterocycles. The van der Waals surface area contributed by atoms with Crippen LogP contribution in [-0.4, -0.2) is 79.5 Å². The highest BCUT2D eigenvalue weighted by molar-refractivity contribution is 6.25. The molecule has 3 aliphatic carbocycles. The van der Waals surface area contributed by atoms with Gasteiger partial charge in [0.25, 0.3) is 5.91 Å². The van der Waals surface area contributed by atoms with Crippen molar-refractivity contribution in [1.82, 2.24) is 4.90 Å². The number of primary amides is 1. The number of nitrogens with one attached hydrogen (secondary N) is 1. The molecule has 0 aliphatic heterocycles. The smallest absolute Gasteiger partial charge is 0.255 e. The molecular formula is C26H31FN4O8. The van der Waals surface area contributed by atoms with E-state index in [1.807, 2.05) is 25.7 Å². The number of fused-ring (bicyclic) bond motifs is 3. The topological polar surface area (TPSA) is 217 Å². The van der Waals surface area contributed by atoms with Gasteiger partial charge in [-0.05, 0) is 39.2 Å². The van der Waals surface area contributed by atoms with E-state index in [4.69, 9.17) is 11.5 Å². The molecule has 2 amide bonds. The highest BCUT2D eigenvalue weighted by Gasteiger charge is 2.62. The molecule has 9 N–H and O–H groups in total. The number of nitrogens with zero attached hydrogens (tertiary/aromatic N) is 1. The first kappa shape index (κ1) is 28.2. The van der Waals surface area contributed by atoms with Crippen molar-refractivity contribution in [3.63, 3.8) is 0 Å². The number of phenolic OH excluding ortho intramolecular Hbond substituents is 1. The number of aliphatic hydroxyl groups is 3. The number of phenols is 1. The fraction of sp³-hybridized carbons (Fsp3) is 0.462. The number of benzene rings is 1. The van der Waals surface area contributed by atoms with Gasteiger partial charge in [0.05, 0.1) is 23.8 Å². The standard InChI is InChI=1S/C26H31FN4O8/c1-4-31(9(2)3)8-15(32)30-14-7-13(27)11-5-10-6-12-19(28)22(35)18(25(29)38)24(37)26(12,39)23(36)16(10)21(34)17(11)20(14)33/h7,9-10,12,19,33,35-36,39H,4-6,8,28H2,1-3H3,(H2,29,38)(H,30,32)/t10-,12-,19-,26-/m0/s1. The molecular weight excluding hydrogens is 515 g/mol. The number of anilines is 1. The molecule has 1 aromatic carbocycles. The number of hydrogen-bond donors (Lipinski definition) is 7.